The zero-order valence-electron chi connectivity index (χ0n) is 12.5. The lowest BCUT2D eigenvalue weighted by molar-refractivity contribution is 0.134. The molecule has 0 aliphatic carbocycles. The number of nitrogens with two attached hydrogens (primary N) is 1. The molecular weight excluding hydrogens is 352 g/mol. The van der Waals surface area contributed by atoms with Crippen molar-refractivity contribution in [1.82, 2.24) is 4.90 Å². The Morgan fingerprint density at radius 1 is 1.48 bits per heavy atom. The van der Waals surface area contributed by atoms with Crippen molar-refractivity contribution < 1.29 is 8.42 Å². The second kappa shape index (κ2) is 6.77. The molecule has 3 atom stereocenters. The Morgan fingerprint density at radius 2 is 2.19 bits per heavy atom. The molecule has 21 heavy (non-hydrogen) atoms. The SMILES string of the molecule is CCC(N)C(c1cccc(Br)c1)N1CCS(=O)(=O)CC1C. The van der Waals surface area contributed by atoms with Crippen LogP contribution in [0.15, 0.2) is 28.7 Å². The first-order chi connectivity index (χ1) is 9.84. The minimum atomic E-state index is -2.91. The van der Waals surface area contributed by atoms with Gasteiger partial charge < -0.3 is 5.73 Å². The second-order valence-electron chi connectivity index (χ2n) is 5.77. The van der Waals surface area contributed by atoms with E-state index in [1.807, 2.05) is 19.1 Å². The van der Waals surface area contributed by atoms with Crippen LogP contribution in [0.3, 0.4) is 0 Å². The minimum absolute atomic E-state index is 0.00895. The first-order valence-electron chi connectivity index (χ1n) is 7.31. The van der Waals surface area contributed by atoms with E-state index < -0.39 is 9.84 Å². The van der Waals surface area contributed by atoms with Crippen molar-refractivity contribution in [2.24, 2.45) is 5.73 Å². The molecular formula is C15H23BrN2O2S. The normalized spacial score (nSPS) is 25.4. The Labute approximate surface area is 135 Å². The van der Waals surface area contributed by atoms with Crippen molar-refractivity contribution in [2.45, 2.75) is 38.4 Å². The number of rotatable bonds is 4. The van der Waals surface area contributed by atoms with E-state index in [2.05, 4.69) is 39.9 Å². The molecule has 0 radical (unpaired) electrons. The topological polar surface area (TPSA) is 63.4 Å². The Morgan fingerprint density at radius 3 is 2.76 bits per heavy atom. The Kier molecular flexibility index (Phi) is 5.46. The summed E-state index contributed by atoms with van der Waals surface area (Å²) in [6.45, 7) is 4.60. The Balaban J connectivity index is 2.33. The zero-order chi connectivity index (χ0) is 15.6. The van der Waals surface area contributed by atoms with Gasteiger partial charge in [0.15, 0.2) is 9.84 Å². The van der Waals surface area contributed by atoms with Crippen molar-refractivity contribution in [3.05, 3.63) is 34.3 Å². The van der Waals surface area contributed by atoms with Crippen molar-refractivity contribution in [3.8, 4) is 0 Å². The fourth-order valence-corrected chi connectivity index (χ4v) is 5.02. The van der Waals surface area contributed by atoms with Crippen molar-refractivity contribution in [2.75, 3.05) is 18.1 Å². The molecule has 0 amide bonds. The van der Waals surface area contributed by atoms with E-state index in [9.17, 15) is 8.42 Å². The highest BCUT2D eigenvalue weighted by Crippen LogP contribution is 2.30. The summed E-state index contributed by atoms with van der Waals surface area (Å²) < 4.78 is 24.6. The molecule has 1 aromatic rings. The first kappa shape index (κ1) is 16.9. The molecule has 1 aromatic carbocycles. The maximum atomic E-state index is 11.8. The fourth-order valence-electron chi connectivity index (χ4n) is 3.02. The first-order valence-corrected chi connectivity index (χ1v) is 9.92. The van der Waals surface area contributed by atoms with E-state index in [1.165, 1.54) is 0 Å². The molecule has 1 aliphatic rings. The molecule has 2 rings (SSSR count). The van der Waals surface area contributed by atoms with Gasteiger partial charge in [-0.05, 0) is 31.0 Å². The predicted molar refractivity (Wildman–Crippen MR) is 90.0 cm³/mol. The van der Waals surface area contributed by atoms with Crippen LogP contribution in [0, 0.1) is 0 Å². The standard InChI is InChI=1S/C15H23BrN2O2S/c1-3-14(17)15(12-5-4-6-13(16)9-12)18-7-8-21(19,20)10-11(18)2/h4-6,9,11,14-15H,3,7-8,10,17H2,1-2H3. The van der Waals surface area contributed by atoms with Crippen molar-refractivity contribution in [1.29, 1.82) is 0 Å². The third-order valence-electron chi connectivity index (χ3n) is 4.15. The van der Waals surface area contributed by atoms with Gasteiger partial charge in [-0.1, -0.05) is 35.0 Å². The van der Waals surface area contributed by atoms with E-state index in [0.717, 1.165) is 16.5 Å². The highest BCUT2D eigenvalue weighted by Gasteiger charge is 2.35. The van der Waals surface area contributed by atoms with Crippen LogP contribution < -0.4 is 5.73 Å². The molecule has 1 fully saturated rings. The molecule has 6 heteroatoms. The van der Waals surface area contributed by atoms with E-state index in [1.54, 1.807) is 0 Å². The van der Waals surface area contributed by atoms with Gasteiger partial charge in [0.2, 0.25) is 0 Å². The maximum Gasteiger partial charge on any atom is 0.153 e. The lowest BCUT2D eigenvalue weighted by Gasteiger charge is -2.42. The Hall–Kier alpha value is -0.430. The summed E-state index contributed by atoms with van der Waals surface area (Å²) >= 11 is 3.50. The number of nitrogens with zero attached hydrogens (tertiary/aromatic N) is 1. The van der Waals surface area contributed by atoms with Gasteiger partial charge in [-0.15, -0.1) is 0 Å². The number of benzene rings is 1. The second-order valence-corrected chi connectivity index (χ2v) is 8.92. The molecule has 0 saturated carbocycles. The van der Waals surface area contributed by atoms with Crippen LogP contribution in [0.4, 0.5) is 0 Å². The summed E-state index contributed by atoms with van der Waals surface area (Å²) in [7, 11) is -2.91. The predicted octanol–water partition coefficient (Wildman–Crippen LogP) is 2.35. The molecule has 4 nitrogen and oxygen atoms in total. The van der Waals surface area contributed by atoms with Crippen molar-refractivity contribution in [3.63, 3.8) is 0 Å². The minimum Gasteiger partial charge on any atom is -0.326 e. The van der Waals surface area contributed by atoms with Crippen LogP contribution in [0.1, 0.15) is 31.9 Å². The summed E-state index contributed by atoms with van der Waals surface area (Å²) in [6.07, 6.45) is 0.854. The molecule has 1 aliphatic heterocycles. The molecule has 0 aromatic heterocycles. The van der Waals surface area contributed by atoms with E-state index in [-0.39, 0.29) is 29.6 Å². The molecule has 3 unspecified atom stereocenters. The summed E-state index contributed by atoms with van der Waals surface area (Å²) in [6, 6.07) is 8.17. The van der Waals surface area contributed by atoms with Crippen LogP contribution >= 0.6 is 15.9 Å². The highest BCUT2D eigenvalue weighted by molar-refractivity contribution is 9.10. The van der Waals surface area contributed by atoms with Gasteiger partial charge in [0, 0.05) is 23.1 Å². The van der Waals surface area contributed by atoms with Crippen LogP contribution in [-0.2, 0) is 9.84 Å². The lowest BCUT2D eigenvalue weighted by atomic mass is 9.95. The van der Waals surface area contributed by atoms with E-state index in [0.29, 0.717) is 6.54 Å². The average Bonchev–Trinajstić information content (AvgIpc) is 2.40. The summed E-state index contributed by atoms with van der Waals surface area (Å²) in [4.78, 5) is 2.25. The van der Waals surface area contributed by atoms with Gasteiger partial charge in [0.25, 0.3) is 0 Å². The molecule has 2 N–H and O–H groups in total. The van der Waals surface area contributed by atoms with Crippen LogP contribution in [0.25, 0.3) is 0 Å². The summed E-state index contributed by atoms with van der Waals surface area (Å²) in [5, 5.41) is 0. The smallest absolute Gasteiger partial charge is 0.153 e. The van der Waals surface area contributed by atoms with Gasteiger partial charge in [0.1, 0.15) is 0 Å². The fraction of sp³-hybridized carbons (Fsp3) is 0.600. The molecule has 1 heterocycles. The molecule has 0 spiro atoms. The monoisotopic (exact) mass is 374 g/mol. The third-order valence-corrected chi connectivity index (χ3v) is 6.43. The van der Waals surface area contributed by atoms with Gasteiger partial charge in [-0.2, -0.15) is 0 Å². The molecule has 1 saturated heterocycles. The van der Waals surface area contributed by atoms with Crippen LogP contribution in [0.2, 0.25) is 0 Å². The quantitative estimate of drug-likeness (QED) is 0.878. The molecule has 0 bridgehead atoms. The highest BCUT2D eigenvalue weighted by atomic mass is 79.9. The zero-order valence-corrected chi connectivity index (χ0v) is 14.9. The summed E-state index contributed by atoms with van der Waals surface area (Å²) in [5.41, 5.74) is 7.50. The average molecular weight is 375 g/mol. The molecule has 118 valence electrons. The van der Waals surface area contributed by atoms with Gasteiger partial charge in [-0.25, -0.2) is 8.42 Å². The van der Waals surface area contributed by atoms with Crippen LogP contribution in [0.5, 0.6) is 0 Å². The lowest BCUT2D eigenvalue weighted by Crippen LogP contribution is -2.52. The number of sulfone groups is 1. The number of hydrogen-bond acceptors (Lipinski definition) is 4. The maximum absolute atomic E-state index is 11.8. The van der Waals surface area contributed by atoms with E-state index >= 15 is 0 Å². The largest absolute Gasteiger partial charge is 0.326 e. The van der Waals surface area contributed by atoms with Crippen LogP contribution in [-0.4, -0.2) is 43.5 Å². The van der Waals surface area contributed by atoms with Gasteiger partial charge in [-0.3, -0.25) is 4.90 Å². The number of halogens is 1. The number of hydrogen-bond donors (Lipinski definition) is 1. The van der Waals surface area contributed by atoms with Crippen molar-refractivity contribution >= 4 is 25.8 Å². The van der Waals surface area contributed by atoms with Gasteiger partial charge in [0.05, 0.1) is 17.5 Å². The van der Waals surface area contributed by atoms with Gasteiger partial charge >= 0.3 is 0 Å². The van der Waals surface area contributed by atoms with E-state index in [4.69, 9.17) is 5.73 Å². The Bertz CT molecular complexity index is 591. The summed E-state index contributed by atoms with van der Waals surface area (Å²) in [5.74, 6) is 0.437. The third kappa shape index (κ3) is 4.06.